The molecule has 4 nitrogen and oxygen atoms in total. The molecule has 2 unspecified atom stereocenters. The molecule has 0 aromatic carbocycles. The van der Waals surface area contributed by atoms with Gasteiger partial charge >= 0.3 is 0 Å². The van der Waals surface area contributed by atoms with Crippen LogP contribution in [0, 0.1) is 11.8 Å². The van der Waals surface area contributed by atoms with E-state index < -0.39 is 5.60 Å². The van der Waals surface area contributed by atoms with E-state index in [0.717, 1.165) is 25.2 Å². The van der Waals surface area contributed by atoms with Crippen molar-refractivity contribution in [1.29, 1.82) is 0 Å². The zero-order valence-electron chi connectivity index (χ0n) is 11.1. The highest BCUT2D eigenvalue weighted by atomic mass is 16.3. The number of aromatic nitrogens is 3. The molecule has 1 aliphatic carbocycles. The molecule has 0 amide bonds. The smallest absolute Gasteiger partial charge is 0.138 e. The highest BCUT2D eigenvalue weighted by Gasteiger charge is 2.37. The molecule has 0 spiro atoms. The molecule has 96 valence electrons. The SMILES string of the molecule is CCn1ncnc1CC1(O)CC(C)CC(C)C1. The topological polar surface area (TPSA) is 50.9 Å². The maximum Gasteiger partial charge on any atom is 0.138 e. The fraction of sp³-hybridized carbons (Fsp3) is 0.846. The first-order chi connectivity index (χ1) is 8.02. The van der Waals surface area contributed by atoms with E-state index in [9.17, 15) is 5.11 Å². The van der Waals surface area contributed by atoms with Gasteiger partial charge in [0, 0.05) is 13.0 Å². The first-order valence-electron chi connectivity index (χ1n) is 6.61. The van der Waals surface area contributed by atoms with E-state index in [4.69, 9.17) is 0 Å². The second-order valence-corrected chi connectivity index (χ2v) is 5.75. The zero-order valence-corrected chi connectivity index (χ0v) is 11.1. The van der Waals surface area contributed by atoms with Gasteiger partial charge in [-0.05, 0) is 38.0 Å². The molecule has 1 aromatic rings. The van der Waals surface area contributed by atoms with Crippen LogP contribution in [0.2, 0.25) is 0 Å². The number of rotatable bonds is 3. The van der Waals surface area contributed by atoms with Crippen LogP contribution in [0.15, 0.2) is 6.33 Å². The third-order valence-electron chi connectivity index (χ3n) is 3.74. The Balaban J connectivity index is 2.11. The Morgan fingerprint density at radius 3 is 2.65 bits per heavy atom. The molecule has 17 heavy (non-hydrogen) atoms. The summed E-state index contributed by atoms with van der Waals surface area (Å²) in [5.74, 6) is 2.11. The van der Waals surface area contributed by atoms with Crippen molar-refractivity contribution in [3.8, 4) is 0 Å². The van der Waals surface area contributed by atoms with Crippen molar-refractivity contribution in [2.45, 2.75) is 58.6 Å². The Morgan fingerprint density at radius 1 is 1.41 bits per heavy atom. The molecule has 1 heterocycles. The van der Waals surface area contributed by atoms with Gasteiger partial charge in [0.05, 0.1) is 5.60 Å². The Kier molecular flexibility index (Phi) is 3.52. The summed E-state index contributed by atoms with van der Waals surface area (Å²) in [6.07, 6.45) is 5.21. The van der Waals surface area contributed by atoms with E-state index >= 15 is 0 Å². The molecule has 1 saturated carbocycles. The third kappa shape index (κ3) is 2.86. The molecule has 1 N–H and O–H groups in total. The third-order valence-corrected chi connectivity index (χ3v) is 3.74. The van der Waals surface area contributed by atoms with Gasteiger partial charge in [-0.1, -0.05) is 13.8 Å². The largest absolute Gasteiger partial charge is 0.389 e. The van der Waals surface area contributed by atoms with E-state index in [0.29, 0.717) is 18.3 Å². The summed E-state index contributed by atoms with van der Waals surface area (Å²) in [5.41, 5.74) is -0.586. The van der Waals surface area contributed by atoms with Crippen molar-refractivity contribution in [2.24, 2.45) is 11.8 Å². The van der Waals surface area contributed by atoms with Gasteiger partial charge in [-0.2, -0.15) is 5.10 Å². The maximum absolute atomic E-state index is 10.7. The molecular formula is C13H23N3O. The summed E-state index contributed by atoms with van der Waals surface area (Å²) in [4.78, 5) is 4.27. The van der Waals surface area contributed by atoms with Gasteiger partial charge in [0.15, 0.2) is 0 Å². The van der Waals surface area contributed by atoms with Crippen molar-refractivity contribution in [3.05, 3.63) is 12.2 Å². The van der Waals surface area contributed by atoms with E-state index in [2.05, 4.69) is 23.9 Å². The molecule has 1 aromatic heterocycles. The standard InChI is InChI=1S/C13H23N3O/c1-4-16-12(14-9-15-16)8-13(17)6-10(2)5-11(3)7-13/h9-11,17H,4-8H2,1-3H3. The van der Waals surface area contributed by atoms with Crippen molar-refractivity contribution in [3.63, 3.8) is 0 Å². The van der Waals surface area contributed by atoms with E-state index in [1.807, 2.05) is 11.6 Å². The van der Waals surface area contributed by atoms with Gasteiger partial charge in [-0.25, -0.2) is 4.98 Å². The lowest BCUT2D eigenvalue weighted by Crippen LogP contribution is -2.40. The lowest BCUT2D eigenvalue weighted by Gasteiger charge is -2.38. The normalized spacial score (nSPS) is 33.9. The maximum atomic E-state index is 10.7. The highest BCUT2D eigenvalue weighted by molar-refractivity contribution is 4.98. The van der Waals surface area contributed by atoms with Crippen molar-refractivity contribution in [1.82, 2.24) is 14.8 Å². The quantitative estimate of drug-likeness (QED) is 0.875. The first-order valence-corrected chi connectivity index (χ1v) is 6.61. The van der Waals surface area contributed by atoms with Gasteiger partial charge in [0.1, 0.15) is 12.2 Å². The van der Waals surface area contributed by atoms with Gasteiger partial charge in [0.2, 0.25) is 0 Å². The Morgan fingerprint density at radius 2 is 2.06 bits per heavy atom. The van der Waals surface area contributed by atoms with Crippen LogP contribution in [-0.2, 0) is 13.0 Å². The van der Waals surface area contributed by atoms with Gasteiger partial charge < -0.3 is 5.11 Å². The van der Waals surface area contributed by atoms with Crippen LogP contribution in [0.4, 0.5) is 0 Å². The minimum absolute atomic E-state index is 0.586. The van der Waals surface area contributed by atoms with Crippen LogP contribution in [0.3, 0.4) is 0 Å². The summed E-state index contributed by atoms with van der Waals surface area (Å²) < 4.78 is 1.88. The summed E-state index contributed by atoms with van der Waals surface area (Å²) in [6.45, 7) is 7.32. The van der Waals surface area contributed by atoms with E-state index in [1.54, 1.807) is 6.33 Å². The molecule has 0 bridgehead atoms. The van der Waals surface area contributed by atoms with Crippen LogP contribution in [-0.4, -0.2) is 25.5 Å². The first kappa shape index (κ1) is 12.6. The lowest BCUT2D eigenvalue weighted by molar-refractivity contribution is -0.0325. The van der Waals surface area contributed by atoms with Crippen LogP contribution in [0.5, 0.6) is 0 Å². The number of hydrogen-bond donors (Lipinski definition) is 1. The minimum Gasteiger partial charge on any atom is -0.389 e. The molecule has 0 saturated heterocycles. The van der Waals surface area contributed by atoms with E-state index in [1.165, 1.54) is 6.42 Å². The number of aryl methyl sites for hydroxylation is 1. The Bertz CT molecular complexity index is 364. The highest BCUT2D eigenvalue weighted by Crippen LogP contribution is 2.37. The fourth-order valence-corrected chi connectivity index (χ4v) is 3.36. The second kappa shape index (κ2) is 4.77. The predicted octanol–water partition coefficient (Wildman–Crippen LogP) is 2.03. The molecule has 2 atom stereocenters. The van der Waals surface area contributed by atoms with Crippen LogP contribution in [0.25, 0.3) is 0 Å². The minimum atomic E-state index is -0.586. The number of aliphatic hydroxyl groups is 1. The number of hydrogen-bond acceptors (Lipinski definition) is 3. The zero-order chi connectivity index (χ0) is 12.5. The molecular weight excluding hydrogens is 214 g/mol. The van der Waals surface area contributed by atoms with Gasteiger partial charge in [0.25, 0.3) is 0 Å². The average molecular weight is 237 g/mol. The average Bonchev–Trinajstić information content (AvgIpc) is 2.61. The molecule has 1 aliphatic rings. The monoisotopic (exact) mass is 237 g/mol. The second-order valence-electron chi connectivity index (χ2n) is 5.75. The van der Waals surface area contributed by atoms with Crippen molar-refractivity contribution < 1.29 is 5.11 Å². The summed E-state index contributed by atoms with van der Waals surface area (Å²) in [7, 11) is 0. The summed E-state index contributed by atoms with van der Waals surface area (Å²) >= 11 is 0. The van der Waals surface area contributed by atoms with Crippen LogP contribution >= 0.6 is 0 Å². The Hall–Kier alpha value is -0.900. The molecule has 2 rings (SSSR count). The molecule has 4 heteroatoms. The van der Waals surface area contributed by atoms with Gasteiger partial charge in [-0.3, -0.25) is 4.68 Å². The van der Waals surface area contributed by atoms with Crippen molar-refractivity contribution >= 4 is 0 Å². The predicted molar refractivity (Wildman–Crippen MR) is 66.5 cm³/mol. The van der Waals surface area contributed by atoms with E-state index in [-0.39, 0.29) is 0 Å². The molecule has 1 fully saturated rings. The van der Waals surface area contributed by atoms with Gasteiger partial charge in [-0.15, -0.1) is 0 Å². The number of nitrogens with zero attached hydrogens (tertiary/aromatic N) is 3. The Labute approximate surface area is 103 Å². The fourth-order valence-electron chi connectivity index (χ4n) is 3.36. The van der Waals surface area contributed by atoms with Crippen LogP contribution in [0.1, 0.15) is 45.9 Å². The molecule has 0 radical (unpaired) electrons. The molecule has 0 aliphatic heterocycles. The van der Waals surface area contributed by atoms with Crippen LogP contribution < -0.4 is 0 Å². The summed E-state index contributed by atoms with van der Waals surface area (Å²) in [6, 6.07) is 0. The summed E-state index contributed by atoms with van der Waals surface area (Å²) in [5, 5.41) is 14.9. The lowest BCUT2D eigenvalue weighted by atomic mass is 9.72. The van der Waals surface area contributed by atoms with Crippen molar-refractivity contribution in [2.75, 3.05) is 0 Å².